The smallest absolute Gasteiger partial charge is 0.180 e. The molecular weight excluding hydrogens is 152 g/mol. The molecule has 0 aromatic heterocycles. The summed E-state index contributed by atoms with van der Waals surface area (Å²) in [7, 11) is 0. The molecule has 0 fully saturated rings. The number of aliphatic hydroxyl groups is 1. The molecule has 0 saturated heterocycles. The van der Waals surface area contributed by atoms with Crippen LogP contribution in [0, 0.1) is 0 Å². The highest BCUT2D eigenvalue weighted by Gasteiger charge is 2.07. The van der Waals surface area contributed by atoms with E-state index in [1.165, 1.54) is 12.2 Å². The van der Waals surface area contributed by atoms with Crippen molar-refractivity contribution in [3.63, 3.8) is 0 Å². The Morgan fingerprint density at radius 2 is 1.92 bits per heavy atom. The van der Waals surface area contributed by atoms with Gasteiger partial charge in [0.05, 0.1) is 5.60 Å². The predicted octanol–water partition coefficient (Wildman–Crippen LogP) is 1.85. The number of carbonyl (C=O) groups excluding carboxylic acids is 1. The molecule has 0 aliphatic carbocycles. The largest absolute Gasteiger partial charge is 0.386 e. The van der Waals surface area contributed by atoms with E-state index in [-0.39, 0.29) is 5.78 Å². The Balaban J connectivity index is 4.29. The molecule has 0 aliphatic rings. The zero-order valence-corrected chi connectivity index (χ0v) is 8.09. The summed E-state index contributed by atoms with van der Waals surface area (Å²) in [5.74, 6) is -0.0559. The Bertz CT molecular complexity index is 216. The maximum Gasteiger partial charge on any atom is 0.180 e. The summed E-state index contributed by atoms with van der Waals surface area (Å²) >= 11 is 0. The summed E-state index contributed by atoms with van der Waals surface area (Å²) in [6.45, 7) is 6.81. The van der Waals surface area contributed by atoms with Crippen molar-refractivity contribution in [3.8, 4) is 0 Å². The molecular formula is C10H16O2. The van der Waals surface area contributed by atoms with Gasteiger partial charge in [-0.1, -0.05) is 6.08 Å². The highest BCUT2D eigenvalue weighted by molar-refractivity contribution is 6.03. The third kappa shape index (κ3) is 4.85. The van der Waals surface area contributed by atoms with Gasteiger partial charge in [0.25, 0.3) is 0 Å². The van der Waals surface area contributed by atoms with Crippen molar-refractivity contribution in [1.29, 1.82) is 0 Å². The number of hydrogen-bond acceptors (Lipinski definition) is 2. The number of hydrogen-bond donors (Lipinski definition) is 1. The van der Waals surface area contributed by atoms with Gasteiger partial charge >= 0.3 is 0 Å². The van der Waals surface area contributed by atoms with Gasteiger partial charge in [-0.3, -0.25) is 4.79 Å². The second-order valence-corrected chi connectivity index (χ2v) is 3.32. The summed E-state index contributed by atoms with van der Waals surface area (Å²) in [6.07, 6.45) is 4.63. The van der Waals surface area contributed by atoms with E-state index in [2.05, 4.69) is 0 Å². The fourth-order valence-corrected chi connectivity index (χ4v) is 0.553. The van der Waals surface area contributed by atoms with Crippen LogP contribution in [0.2, 0.25) is 0 Å². The van der Waals surface area contributed by atoms with Crippen LogP contribution < -0.4 is 0 Å². The molecule has 0 rings (SSSR count). The lowest BCUT2D eigenvalue weighted by Crippen LogP contribution is -2.14. The summed E-state index contributed by atoms with van der Waals surface area (Å²) < 4.78 is 0. The van der Waals surface area contributed by atoms with E-state index in [4.69, 9.17) is 0 Å². The second-order valence-electron chi connectivity index (χ2n) is 3.32. The molecule has 0 aromatic rings. The van der Waals surface area contributed by atoms with Crippen molar-refractivity contribution < 1.29 is 9.90 Å². The van der Waals surface area contributed by atoms with E-state index in [0.717, 1.165) is 0 Å². The summed E-state index contributed by atoms with van der Waals surface area (Å²) in [5.41, 5.74) is -0.223. The zero-order chi connectivity index (χ0) is 9.78. The maximum atomic E-state index is 11.2. The van der Waals surface area contributed by atoms with Crippen LogP contribution in [0.1, 0.15) is 27.7 Å². The minimum atomic E-state index is -0.913. The zero-order valence-electron chi connectivity index (χ0n) is 8.09. The van der Waals surface area contributed by atoms with Gasteiger partial charge in [-0.2, -0.15) is 0 Å². The van der Waals surface area contributed by atoms with Crippen molar-refractivity contribution in [2.75, 3.05) is 0 Å². The molecule has 0 spiro atoms. The number of ketones is 1. The lowest BCUT2D eigenvalue weighted by Gasteiger charge is -2.09. The maximum absolute atomic E-state index is 11.2. The fraction of sp³-hybridized carbons (Fsp3) is 0.500. The Morgan fingerprint density at radius 1 is 1.42 bits per heavy atom. The van der Waals surface area contributed by atoms with Crippen LogP contribution in [0.25, 0.3) is 0 Å². The Kier molecular flexibility index (Phi) is 3.90. The average Bonchev–Trinajstić information content (AvgIpc) is 1.97. The lowest BCUT2D eigenvalue weighted by molar-refractivity contribution is -0.111. The quantitative estimate of drug-likeness (QED) is 0.653. The molecule has 0 aromatic carbocycles. The first-order valence-electron chi connectivity index (χ1n) is 3.95. The van der Waals surface area contributed by atoms with Crippen LogP contribution in [0.4, 0.5) is 0 Å². The standard InChI is InChI=1S/C10H16O2/c1-5-8(2)9(11)6-7-10(3,4)12/h5-7,12H,1-4H3/b7-6+,8-5+. The van der Waals surface area contributed by atoms with Crippen molar-refractivity contribution in [2.45, 2.75) is 33.3 Å². The van der Waals surface area contributed by atoms with Crippen LogP contribution >= 0.6 is 0 Å². The van der Waals surface area contributed by atoms with Gasteiger partial charge in [-0.25, -0.2) is 0 Å². The Morgan fingerprint density at radius 3 is 2.25 bits per heavy atom. The molecule has 0 bridgehead atoms. The van der Waals surface area contributed by atoms with Gasteiger partial charge < -0.3 is 5.11 Å². The molecule has 0 radical (unpaired) electrons. The number of rotatable bonds is 3. The molecule has 2 heteroatoms. The summed E-state index contributed by atoms with van der Waals surface area (Å²) in [4.78, 5) is 11.2. The number of allylic oxidation sites excluding steroid dienone is 3. The monoisotopic (exact) mass is 168 g/mol. The summed E-state index contributed by atoms with van der Waals surface area (Å²) in [5, 5.41) is 9.26. The molecule has 0 aliphatic heterocycles. The molecule has 0 unspecified atom stereocenters. The van der Waals surface area contributed by atoms with E-state index < -0.39 is 5.60 Å². The fourth-order valence-electron chi connectivity index (χ4n) is 0.553. The molecule has 0 amide bonds. The Labute approximate surface area is 73.6 Å². The van der Waals surface area contributed by atoms with Crippen molar-refractivity contribution >= 4 is 5.78 Å². The van der Waals surface area contributed by atoms with Gasteiger partial charge in [0.15, 0.2) is 5.78 Å². The molecule has 0 atom stereocenters. The topological polar surface area (TPSA) is 37.3 Å². The first kappa shape index (κ1) is 11.1. The van der Waals surface area contributed by atoms with Crippen LogP contribution in [-0.4, -0.2) is 16.5 Å². The van der Waals surface area contributed by atoms with Gasteiger partial charge in [-0.05, 0) is 45.4 Å². The lowest BCUT2D eigenvalue weighted by atomic mass is 10.1. The van der Waals surface area contributed by atoms with Crippen molar-refractivity contribution in [3.05, 3.63) is 23.8 Å². The van der Waals surface area contributed by atoms with Crippen LogP contribution in [0.15, 0.2) is 23.8 Å². The van der Waals surface area contributed by atoms with Gasteiger partial charge in [0.2, 0.25) is 0 Å². The molecule has 1 N–H and O–H groups in total. The van der Waals surface area contributed by atoms with Crippen LogP contribution in [0.3, 0.4) is 0 Å². The number of carbonyl (C=O) groups is 1. The van der Waals surface area contributed by atoms with Gasteiger partial charge in [-0.15, -0.1) is 0 Å². The van der Waals surface area contributed by atoms with E-state index in [1.54, 1.807) is 26.8 Å². The average molecular weight is 168 g/mol. The molecule has 0 saturated carbocycles. The highest BCUT2D eigenvalue weighted by Crippen LogP contribution is 2.04. The first-order valence-corrected chi connectivity index (χ1v) is 3.95. The minimum absolute atomic E-state index is 0.0559. The third-order valence-corrected chi connectivity index (χ3v) is 1.46. The van der Waals surface area contributed by atoms with E-state index in [0.29, 0.717) is 5.57 Å². The van der Waals surface area contributed by atoms with Crippen molar-refractivity contribution in [1.82, 2.24) is 0 Å². The van der Waals surface area contributed by atoms with E-state index >= 15 is 0 Å². The van der Waals surface area contributed by atoms with Crippen molar-refractivity contribution in [2.24, 2.45) is 0 Å². The SMILES string of the molecule is C/C=C(\C)C(=O)/C=C/C(C)(C)O. The molecule has 12 heavy (non-hydrogen) atoms. The van der Waals surface area contributed by atoms with Crippen LogP contribution in [-0.2, 0) is 4.79 Å². The van der Waals surface area contributed by atoms with E-state index in [1.807, 2.05) is 6.92 Å². The minimum Gasteiger partial charge on any atom is -0.386 e. The third-order valence-electron chi connectivity index (χ3n) is 1.46. The van der Waals surface area contributed by atoms with Crippen LogP contribution in [0.5, 0.6) is 0 Å². The first-order chi connectivity index (χ1) is 5.37. The normalized spacial score (nSPS) is 13.9. The molecule has 68 valence electrons. The highest BCUT2D eigenvalue weighted by atomic mass is 16.3. The van der Waals surface area contributed by atoms with Gasteiger partial charge in [0.1, 0.15) is 0 Å². The predicted molar refractivity (Wildman–Crippen MR) is 49.9 cm³/mol. The molecule has 2 nitrogen and oxygen atoms in total. The van der Waals surface area contributed by atoms with E-state index in [9.17, 15) is 9.90 Å². The molecule has 0 heterocycles. The second kappa shape index (κ2) is 4.21. The Hall–Kier alpha value is -0.890. The summed E-state index contributed by atoms with van der Waals surface area (Å²) in [6, 6.07) is 0. The van der Waals surface area contributed by atoms with Gasteiger partial charge in [0, 0.05) is 0 Å².